The van der Waals surface area contributed by atoms with E-state index in [-0.39, 0.29) is 16.8 Å². The first kappa shape index (κ1) is 14.8. The molecule has 2 rings (SSSR count). The van der Waals surface area contributed by atoms with E-state index in [9.17, 15) is 8.78 Å². The Labute approximate surface area is 121 Å². The Morgan fingerprint density at radius 1 is 1.05 bits per heavy atom. The topological polar surface area (TPSA) is 21.3 Å². The van der Waals surface area contributed by atoms with Gasteiger partial charge in [-0.15, -0.1) is 0 Å². The van der Waals surface area contributed by atoms with Crippen LogP contribution in [-0.4, -0.2) is 14.2 Å². The van der Waals surface area contributed by atoms with Gasteiger partial charge >= 0.3 is 0 Å². The highest BCUT2D eigenvalue weighted by Gasteiger charge is 2.15. The Bertz CT molecular complexity index is 619. The number of benzene rings is 2. The summed E-state index contributed by atoms with van der Waals surface area (Å²) in [4.78, 5) is 0. The Morgan fingerprint density at radius 2 is 1.70 bits per heavy atom. The second kappa shape index (κ2) is 6.20. The molecule has 2 aromatic rings. The Hall–Kier alpha value is -1.65. The van der Waals surface area contributed by atoms with Gasteiger partial charge < -0.3 is 10.1 Å². The van der Waals surface area contributed by atoms with E-state index >= 15 is 0 Å². The minimum Gasteiger partial charge on any atom is -0.494 e. The molecule has 1 atom stereocenters. The van der Waals surface area contributed by atoms with E-state index < -0.39 is 11.6 Å². The van der Waals surface area contributed by atoms with Crippen LogP contribution in [0.25, 0.3) is 0 Å². The lowest BCUT2D eigenvalue weighted by atomic mass is 9.98. The van der Waals surface area contributed by atoms with Crippen molar-refractivity contribution in [2.45, 2.75) is 6.04 Å². The zero-order chi connectivity index (χ0) is 14.7. The van der Waals surface area contributed by atoms with Crippen LogP contribution in [0, 0.1) is 11.6 Å². The van der Waals surface area contributed by atoms with Crippen molar-refractivity contribution >= 4 is 11.6 Å². The summed E-state index contributed by atoms with van der Waals surface area (Å²) in [6.07, 6.45) is 0. The van der Waals surface area contributed by atoms with Gasteiger partial charge in [0.25, 0.3) is 0 Å². The van der Waals surface area contributed by atoms with Gasteiger partial charge in [-0.2, -0.15) is 0 Å². The molecular weight excluding hydrogens is 284 g/mol. The number of hydrogen-bond donors (Lipinski definition) is 1. The molecule has 2 aromatic carbocycles. The summed E-state index contributed by atoms with van der Waals surface area (Å²) in [5.74, 6) is -0.745. The van der Waals surface area contributed by atoms with Crippen LogP contribution in [0.1, 0.15) is 17.2 Å². The van der Waals surface area contributed by atoms with Gasteiger partial charge in [-0.1, -0.05) is 23.7 Å². The van der Waals surface area contributed by atoms with Crippen molar-refractivity contribution in [3.05, 3.63) is 64.2 Å². The van der Waals surface area contributed by atoms with Crippen molar-refractivity contribution in [1.82, 2.24) is 5.32 Å². The van der Waals surface area contributed by atoms with E-state index in [0.29, 0.717) is 5.56 Å². The number of halogens is 3. The SMILES string of the molecule is CNC(c1ccc(OC)c(F)c1)c1ccc(F)c(Cl)c1. The lowest BCUT2D eigenvalue weighted by Gasteiger charge is -2.18. The third-order valence-electron chi connectivity index (χ3n) is 3.07. The molecule has 2 nitrogen and oxygen atoms in total. The van der Waals surface area contributed by atoms with E-state index in [0.717, 1.165) is 5.56 Å². The molecule has 0 heterocycles. The summed E-state index contributed by atoms with van der Waals surface area (Å²) in [5.41, 5.74) is 1.46. The lowest BCUT2D eigenvalue weighted by Crippen LogP contribution is -2.18. The summed E-state index contributed by atoms with van der Waals surface area (Å²) in [5, 5.41) is 3.10. The molecule has 0 fully saturated rings. The zero-order valence-corrected chi connectivity index (χ0v) is 11.8. The molecule has 0 radical (unpaired) electrons. The van der Waals surface area contributed by atoms with Crippen LogP contribution in [0.15, 0.2) is 36.4 Å². The first-order valence-electron chi connectivity index (χ1n) is 6.02. The van der Waals surface area contributed by atoms with Gasteiger partial charge in [0, 0.05) is 0 Å². The largest absolute Gasteiger partial charge is 0.494 e. The maximum Gasteiger partial charge on any atom is 0.165 e. The molecule has 0 saturated carbocycles. The third kappa shape index (κ3) is 2.92. The summed E-state index contributed by atoms with van der Waals surface area (Å²) < 4.78 is 31.9. The van der Waals surface area contributed by atoms with Crippen molar-refractivity contribution in [1.29, 1.82) is 0 Å². The van der Waals surface area contributed by atoms with Gasteiger partial charge in [0.1, 0.15) is 5.82 Å². The van der Waals surface area contributed by atoms with Crippen molar-refractivity contribution in [2.24, 2.45) is 0 Å². The van der Waals surface area contributed by atoms with Crippen LogP contribution in [0.4, 0.5) is 8.78 Å². The standard InChI is InChI=1S/C15H14ClF2NO/c1-19-15(9-3-5-12(17)11(16)7-9)10-4-6-14(20-2)13(18)8-10/h3-8,15,19H,1-2H3. The van der Waals surface area contributed by atoms with Gasteiger partial charge in [0.2, 0.25) is 0 Å². The highest BCUT2D eigenvalue weighted by Crippen LogP contribution is 2.28. The quantitative estimate of drug-likeness (QED) is 0.923. The molecule has 1 N–H and O–H groups in total. The van der Waals surface area contributed by atoms with Gasteiger partial charge in [0.15, 0.2) is 11.6 Å². The molecule has 0 saturated heterocycles. The Balaban J connectivity index is 2.41. The van der Waals surface area contributed by atoms with E-state index in [2.05, 4.69) is 5.32 Å². The van der Waals surface area contributed by atoms with Crippen LogP contribution >= 0.6 is 11.6 Å². The zero-order valence-electron chi connectivity index (χ0n) is 11.1. The second-order valence-corrected chi connectivity index (χ2v) is 4.70. The number of ether oxygens (including phenoxy) is 1. The van der Waals surface area contributed by atoms with Gasteiger partial charge in [-0.05, 0) is 42.4 Å². The number of hydrogen-bond acceptors (Lipinski definition) is 2. The first-order chi connectivity index (χ1) is 9.56. The molecular formula is C15H14ClF2NO. The Morgan fingerprint density at radius 3 is 2.25 bits per heavy atom. The molecule has 0 amide bonds. The number of methoxy groups -OCH3 is 1. The smallest absolute Gasteiger partial charge is 0.165 e. The molecule has 0 aromatic heterocycles. The molecule has 106 valence electrons. The molecule has 0 aliphatic heterocycles. The van der Waals surface area contributed by atoms with Gasteiger partial charge in [-0.25, -0.2) is 8.78 Å². The fourth-order valence-electron chi connectivity index (χ4n) is 2.08. The lowest BCUT2D eigenvalue weighted by molar-refractivity contribution is 0.386. The minimum absolute atomic E-state index is 0.0386. The molecule has 5 heteroatoms. The predicted octanol–water partition coefficient (Wildman–Crippen LogP) is 3.94. The van der Waals surface area contributed by atoms with Crippen molar-refractivity contribution < 1.29 is 13.5 Å². The Kier molecular flexibility index (Phi) is 4.57. The molecule has 0 aliphatic rings. The predicted molar refractivity (Wildman–Crippen MR) is 75.3 cm³/mol. The third-order valence-corrected chi connectivity index (χ3v) is 3.36. The highest BCUT2D eigenvalue weighted by molar-refractivity contribution is 6.30. The van der Waals surface area contributed by atoms with Crippen molar-refractivity contribution in [3.8, 4) is 5.75 Å². The van der Waals surface area contributed by atoms with Gasteiger partial charge in [0.05, 0.1) is 18.2 Å². The van der Waals surface area contributed by atoms with E-state index in [1.807, 2.05) is 0 Å². The summed E-state index contributed by atoms with van der Waals surface area (Å²) in [7, 11) is 3.15. The van der Waals surface area contributed by atoms with Crippen LogP contribution in [-0.2, 0) is 0 Å². The van der Waals surface area contributed by atoms with Crippen LogP contribution in [0.3, 0.4) is 0 Å². The molecule has 20 heavy (non-hydrogen) atoms. The van der Waals surface area contributed by atoms with Crippen LogP contribution < -0.4 is 10.1 Å². The average molecular weight is 298 g/mol. The average Bonchev–Trinajstić information content (AvgIpc) is 2.44. The van der Waals surface area contributed by atoms with Crippen molar-refractivity contribution in [2.75, 3.05) is 14.2 Å². The fourth-order valence-corrected chi connectivity index (χ4v) is 2.27. The monoisotopic (exact) mass is 297 g/mol. The first-order valence-corrected chi connectivity index (χ1v) is 6.40. The minimum atomic E-state index is -0.480. The summed E-state index contributed by atoms with van der Waals surface area (Å²) in [6.45, 7) is 0. The number of rotatable bonds is 4. The van der Waals surface area contributed by atoms with Gasteiger partial charge in [-0.3, -0.25) is 0 Å². The van der Waals surface area contributed by atoms with Crippen molar-refractivity contribution in [3.63, 3.8) is 0 Å². The summed E-state index contributed by atoms with van der Waals surface area (Å²) >= 11 is 5.78. The maximum absolute atomic E-state index is 13.8. The van der Waals surface area contributed by atoms with Crippen LogP contribution in [0.2, 0.25) is 5.02 Å². The highest BCUT2D eigenvalue weighted by atomic mass is 35.5. The number of nitrogens with one attached hydrogen (secondary N) is 1. The van der Waals surface area contributed by atoms with Crippen LogP contribution in [0.5, 0.6) is 5.75 Å². The normalized spacial score (nSPS) is 12.2. The molecule has 0 aliphatic carbocycles. The summed E-state index contributed by atoms with van der Waals surface area (Å²) in [6, 6.07) is 8.85. The molecule has 0 bridgehead atoms. The maximum atomic E-state index is 13.8. The van der Waals surface area contributed by atoms with E-state index in [1.54, 1.807) is 25.2 Å². The second-order valence-electron chi connectivity index (χ2n) is 4.29. The molecule has 0 spiro atoms. The van der Waals surface area contributed by atoms with E-state index in [1.165, 1.54) is 25.3 Å². The van der Waals surface area contributed by atoms with E-state index in [4.69, 9.17) is 16.3 Å². The molecule has 1 unspecified atom stereocenters. The fraction of sp³-hybridized carbons (Fsp3) is 0.200.